The second kappa shape index (κ2) is 4.66. The Balaban J connectivity index is 2.16. The Morgan fingerprint density at radius 2 is 2.19 bits per heavy atom. The van der Waals surface area contributed by atoms with E-state index in [0.29, 0.717) is 18.5 Å². The number of carbonyl (C=O) groups excluding carboxylic acids is 1. The van der Waals surface area contributed by atoms with Crippen molar-refractivity contribution in [2.24, 2.45) is 0 Å². The summed E-state index contributed by atoms with van der Waals surface area (Å²) in [5.74, 6) is 1.95. The van der Waals surface area contributed by atoms with E-state index >= 15 is 0 Å². The molecule has 3 nitrogen and oxygen atoms in total. The fourth-order valence-electron chi connectivity index (χ4n) is 1.54. The second-order valence-electron chi connectivity index (χ2n) is 3.45. The molecule has 1 aromatic carbocycles. The van der Waals surface area contributed by atoms with Gasteiger partial charge in [0.1, 0.15) is 11.5 Å². The lowest BCUT2D eigenvalue weighted by molar-refractivity contribution is 0.109. The third kappa shape index (κ3) is 2.31. The molecule has 3 heteroatoms. The summed E-state index contributed by atoms with van der Waals surface area (Å²) in [5.41, 5.74) is 1.09. The second-order valence-corrected chi connectivity index (χ2v) is 3.45. The van der Waals surface area contributed by atoms with Crippen LogP contribution in [-0.2, 0) is 6.42 Å². The summed E-state index contributed by atoms with van der Waals surface area (Å²) < 4.78 is 10.4. The first kappa shape index (κ1) is 10.5. The van der Waals surface area contributed by atoms with E-state index in [1.54, 1.807) is 13.2 Å². The molecule has 0 aliphatic carbocycles. The van der Waals surface area contributed by atoms with E-state index in [1.807, 2.05) is 30.3 Å². The smallest absolute Gasteiger partial charge is 0.185 e. The molecule has 0 aliphatic heterocycles. The van der Waals surface area contributed by atoms with Gasteiger partial charge in [0.15, 0.2) is 12.0 Å². The Kier molecular flexibility index (Phi) is 3.05. The highest BCUT2D eigenvalue weighted by atomic mass is 16.5. The highest BCUT2D eigenvalue weighted by Crippen LogP contribution is 2.17. The number of aldehydes is 1. The summed E-state index contributed by atoms with van der Waals surface area (Å²) in [6, 6.07) is 11.2. The molecule has 0 amide bonds. The zero-order valence-electron chi connectivity index (χ0n) is 8.97. The van der Waals surface area contributed by atoms with Crippen molar-refractivity contribution in [1.82, 2.24) is 0 Å². The lowest BCUT2D eigenvalue weighted by Crippen LogP contribution is -1.88. The van der Waals surface area contributed by atoms with E-state index < -0.39 is 0 Å². The molecule has 0 aliphatic rings. The van der Waals surface area contributed by atoms with Crippen LogP contribution < -0.4 is 4.74 Å². The number of benzene rings is 1. The molecular formula is C13H12O3. The first-order valence-electron chi connectivity index (χ1n) is 4.98. The quantitative estimate of drug-likeness (QED) is 0.737. The van der Waals surface area contributed by atoms with E-state index in [2.05, 4.69) is 0 Å². The maximum Gasteiger partial charge on any atom is 0.185 e. The number of ether oxygens (including phenoxy) is 1. The van der Waals surface area contributed by atoms with Gasteiger partial charge in [-0.3, -0.25) is 4.79 Å². The molecule has 0 saturated carbocycles. The number of methoxy groups -OCH3 is 1. The third-order valence-corrected chi connectivity index (χ3v) is 2.31. The van der Waals surface area contributed by atoms with Gasteiger partial charge in [0.05, 0.1) is 7.11 Å². The molecule has 1 aromatic heterocycles. The summed E-state index contributed by atoms with van der Waals surface area (Å²) in [4.78, 5) is 10.5. The monoisotopic (exact) mass is 216 g/mol. The van der Waals surface area contributed by atoms with Crippen molar-refractivity contribution in [3.05, 3.63) is 53.5 Å². The summed E-state index contributed by atoms with van der Waals surface area (Å²) >= 11 is 0. The molecule has 0 saturated heterocycles. The first-order chi connectivity index (χ1) is 7.81. The van der Waals surface area contributed by atoms with Gasteiger partial charge in [-0.25, -0.2) is 0 Å². The molecule has 2 rings (SSSR count). The summed E-state index contributed by atoms with van der Waals surface area (Å²) in [6.45, 7) is 0. The molecular weight excluding hydrogens is 204 g/mol. The van der Waals surface area contributed by atoms with Crippen LogP contribution in [0, 0.1) is 0 Å². The number of furan rings is 1. The van der Waals surface area contributed by atoms with Gasteiger partial charge in [-0.15, -0.1) is 0 Å². The van der Waals surface area contributed by atoms with Gasteiger partial charge >= 0.3 is 0 Å². The molecule has 0 bridgehead atoms. The topological polar surface area (TPSA) is 39.4 Å². The largest absolute Gasteiger partial charge is 0.497 e. The van der Waals surface area contributed by atoms with Crippen molar-refractivity contribution in [1.29, 1.82) is 0 Å². The van der Waals surface area contributed by atoms with E-state index in [-0.39, 0.29) is 0 Å². The van der Waals surface area contributed by atoms with Crippen LogP contribution in [0.2, 0.25) is 0 Å². The molecule has 0 spiro atoms. The van der Waals surface area contributed by atoms with Crippen LogP contribution in [-0.4, -0.2) is 13.4 Å². The number of carbonyl (C=O) groups is 1. The molecule has 0 fully saturated rings. The molecule has 0 unspecified atom stereocenters. The van der Waals surface area contributed by atoms with Gasteiger partial charge in [0.2, 0.25) is 0 Å². The molecule has 0 radical (unpaired) electrons. The van der Waals surface area contributed by atoms with E-state index in [9.17, 15) is 4.79 Å². The zero-order valence-corrected chi connectivity index (χ0v) is 8.97. The summed E-state index contributed by atoms with van der Waals surface area (Å²) in [5, 5.41) is 0. The van der Waals surface area contributed by atoms with Crippen LogP contribution in [0.15, 0.2) is 40.8 Å². The van der Waals surface area contributed by atoms with Crippen molar-refractivity contribution >= 4 is 6.29 Å². The number of rotatable bonds is 4. The van der Waals surface area contributed by atoms with Crippen LogP contribution in [0.5, 0.6) is 5.75 Å². The Labute approximate surface area is 93.7 Å². The van der Waals surface area contributed by atoms with Crippen molar-refractivity contribution in [2.45, 2.75) is 6.42 Å². The predicted molar refractivity (Wildman–Crippen MR) is 59.9 cm³/mol. The van der Waals surface area contributed by atoms with Crippen LogP contribution in [0.3, 0.4) is 0 Å². The molecule has 2 aromatic rings. The Hall–Kier alpha value is -2.03. The minimum absolute atomic E-state index is 0.359. The van der Waals surface area contributed by atoms with Crippen molar-refractivity contribution < 1.29 is 13.9 Å². The minimum atomic E-state index is 0.359. The van der Waals surface area contributed by atoms with Gasteiger partial charge in [0.25, 0.3) is 0 Å². The highest BCUT2D eigenvalue weighted by Gasteiger charge is 2.03. The minimum Gasteiger partial charge on any atom is -0.497 e. The fraction of sp³-hybridized carbons (Fsp3) is 0.154. The SMILES string of the molecule is COc1cccc(Cc2ccc(C=O)o2)c1. The van der Waals surface area contributed by atoms with E-state index in [0.717, 1.165) is 17.1 Å². The molecule has 16 heavy (non-hydrogen) atoms. The molecule has 1 heterocycles. The molecule has 0 atom stereocenters. The van der Waals surface area contributed by atoms with Crippen LogP contribution >= 0.6 is 0 Å². The van der Waals surface area contributed by atoms with Gasteiger partial charge < -0.3 is 9.15 Å². The van der Waals surface area contributed by atoms with Gasteiger partial charge in [-0.05, 0) is 29.8 Å². The Morgan fingerprint density at radius 1 is 1.31 bits per heavy atom. The van der Waals surface area contributed by atoms with Crippen LogP contribution in [0.4, 0.5) is 0 Å². The van der Waals surface area contributed by atoms with Gasteiger partial charge in [0, 0.05) is 6.42 Å². The average Bonchev–Trinajstić information content (AvgIpc) is 2.77. The van der Waals surface area contributed by atoms with Crippen molar-refractivity contribution in [3.8, 4) is 5.75 Å². The molecule has 82 valence electrons. The van der Waals surface area contributed by atoms with Crippen molar-refractivity contribution in [3.63, 3.8) is 0 Å². The summed E-state index contributed by atoms with van der Waals surface area (Å²) in [7, 11) is 1.64. The molecule has 0 N–H and O–H groups in total. The lowest BCUT2D eigenvalue weighted by Gasteiger charge is -2.02. The zero-order chi connectivity index (χ0) is 11.4. The predicted octanol–water partition coefficient (Wildman–Crippen LogP) is 2.69. The highest BCUT2D eigenvalue weighted by molar-refractivity contribution is 5.70. The van der Waals surface area contributed by atoms with E-state index in [1.165, 1.54) is 0 Å². The van der Waals surface area contributed by atoms with Crippen LogP contribution in [0.1, 0.15) is 21.9 Å². The number of hydrogen-bond acceptors (Lipinski definition) is 3. The Morgan fingerprint density at radius 3 is 2.88 bits per heavy atom. The normalized spacial score (nSPS) is 10.1. The van der Waals surface area contributed by atoms with E-state index in [4.69, 9.17) is 9.15 Å². The third-order valence-electron chi connectivity index (χ3n) is 2.31. The number of hydrogen-bond donors (Lipinski definition) is 0. The van der Waals surface area contributed by atoms with Gasteiger partial charge in [-0.1, -0.05) is 12.1 Å². The standard InChI is InChI=1S/C13H12O3/c1-15-11-4-2-3-10(7-11)8-12-5-6-13(9-14)16-12/h2-7,9H,8H2,1H3. The summed E-state index contributed by atoms with van der Waals surface area (Å²) in [6.07, 6.45) is 1.36. The van der Waals surface area contributed by atoms with Crippen LogP contribution in [0.25, 0.3) is 0 Å². The first-order valence-corrected chi connectivity index (χ1v) is 4.98. The maximum atomic E-state index is 10.5. The Bertz CT molecular complexity index is 485. The lowest BCUT2D eigenvalue weighted by atomic mass is 10.1. The van der Waals surface area contributed by atoms with Crippen molar-refractivity contribution in [2.75, 3.05) is 7.11 Å². The fourth-order valence-corrected chi connectivity index (χ4v) is 1.54. The maximum absolute atomic E-state index is 10.5. The van der Waals surface area contributed by atoms with Gasteiger partial charge in [-0.2, -0.15) is 0 Å². The average molecular weight is 216 g/mol.